The van der Waals surface area contributed by atoms with E-state index in [0.29, 0.717) is 11.3 Å². The van der Waals surface area contributed by atoms with Gasteiger partial charge in [-0.1, -0.05) is 5.92 Å². The third kappa shape index (κ3) is 2.57. The van der Waals surface area contributed by atoms with E-state index in [0.717, 1.165) is 11.8 Å². The van der Waals surface area contributed by atoms with E-state index < -0.39 is 0 Å². The number of terminal acetylenes is 1. The van der Waals surface area contributed by atoms with Gasteiger partial charge in [0.2, 0.25) is 0 Å². The van der Waals surface area contributed by atoms with Crippen LogP contribution in [-0.2, 0) is 4.79 Å². The summed E-state index contributed by atoms with van der Waals surface area (Å²) in [4.78, 5) is 14.4. The summed E-state index contributed by atoms with van der Waals surface area (Å²) in [6.07, 6.45) is 9.31. The van der Waals surface area contributed by atoms with Gasteiger partial charge in [0, 0.05) is 11.8 Å². The van der Waals surface area contributed by atoms with Gasteiger partial charge in [-0.15, -0.1) is 6.42 Å². The normalized spacial score (nSPS) is 10.6. The van der Waals surface area contributed by atoms with Gasteiger partial charge in [-0.3, -0.25) is 9.78 Å². The smallest absolute Gasteiger partial charge is 0.145 e. The Balaban J connectivity index is 3.04. The molecule has 0 aliphatic carbocycles. The van der Waals surface area contributed by atoms with Crippen LogP contribution in [0.3, 0.4) is 0 Å². The van der Waals surface area contributed by atoms with Crippen molar-refractivity contribution in [1.29, 1.82) is 0 Å². The average Bonchev–Trinajstić information content (AvgIpc) is 2.18. The zero-order chi connectivity index (χ0) is 9.68. The molecule has 0 saturated carbocycles. The van der Waals surface area contributed by atoms with Gasteiger partial charge in [-0.25, -0.2) is 0 Å². The fraction of sp³-hybridized carbons (Fsp3) is 0.0909. The number of pyridine rings is 1. The number of allylic oxidation sites excluding steroid dienone is 1. The molecule has 2 heteroatoms. The highest BCUT2D eigenvalue weighted by molar-refractivity contribution is 5.80. The maximum absolute atomic E-state index is 10.3. The third-order valence-electron chi connectivity index (χ3n) is 1.51. The van der Waals surface area contributed by atoms with Crippen molar-refractivity contribution in [2.45, 2.75) is 6.92 Å². The molecule has 0 unspecified atom stereocenters. The molecule has 0 spiro atoms. The fourth-order valence-corrected chi connectivity index (χ4v) is 0.884. The van der Waals surface area contributed by atoms with Crippen LogP contribution in [0.25, 0.3) is 6.08 Å². The molecular formula is C11H9NO. The molecule has 2 nitrogen and oxygen atoms in total. The molecule has 0 saturated heterocycles. The quantitative estimate of drug-likeness (QED) is 0.385. The molecule has 0 aliphatic heterocycles. The molecule has 1 heterocycles. The van der Waals surface area contributed by atoms with Gasteiger partial charge >= 0.3 is 0 Å². The van der Waals surface area contributed by atoms with Crippen LogP contribution in [-0.4, -0.2) is 11.3 Å². The summed E-state index contributed by atoms with van der Waals surface area (Å²) >= 11 is 0. The SMILES string of the molecule is C#Cc1ccnc(/C=C(\C)C=O)c1. The van der Waals surface area contributed by atoms with E-state index in [9.17, 15) is 4.79 Å². The van der Waals surface area contributed by atoms with Crippen molar-refractivity contribution in [1.82, 2.24) is 4.98 Å². The van der Waals surface area contributed by atoms with Crippen molar-refractivity contribution < 1.29 is 4.79 Å². The number of carbonyl (C=O) groups is 1. The van der Waals surface area contributed by atoms with Crippen LogP contribution in [0.2, 0.25) is 0 Å². The van der Waals surface area contributed by atoms with E-state index in [1.807, 2.05) is 0 Å². The van der Waals surface area contributed by atoms with Gasteiger partial charge in [0.05, 0.1) is 5.69 Å². The first-order valence-corrected chi connectivity index (χ1v) is 3.82. The fourth-order valence-electron chi connectivity index (χ4n) is 0.884. The molecule has 1 aromatic rings. The van der Waals surface area contributed by atoms with Crippen molar-refractivity contribution in [3.8, 4) is 12.3 Å². The average molecular weight is 171 g/mol. The van der Waals surface area contributed by atoms with Crippen LogP contribution in [0.4, 0.5) is 0 Å². The van der Waals surface area contributed by atoms with Gasteiger partial charge in [0.15, 0.2) is 0 Å². The summed E-state index contributed by atoms with van der Waals surface area (Å²) in [6, 6.07) is 3.50. The molecule has 0 aromatic carbocycles. The lowest BCUT2D eigenvalue weighted by molar-refractivity contribution is -0.104. The van der Waals surface area contributed by atoms with E-state index in [4.69, 9.17) is 6.42 Å². The van der Waals surface area contributed by atoms with Crippen LogP contribution in [0.5, 0.6) is 0 Å². The highest BCUT2D eigenvalue weighted by Gasteiger charge is 1.92. The lowest BCUT2D eigenvalue weighted by Crippen LogP contribution is -1.84. The van der Waals surface area contributed by atoms with E-state index in [1.54, 1.807) is 31.3 Å². The predicted molar refractivity (Wildman–Crippen MR) is 51.9 cm³/mol. The highest BCUT2D eigenvalue weighted by atomic mass is 16.1. The van der Waals surface area contributed by atoms with E-state index in [1.165, 1.54) is 0 Å². The molecule has 0 radical (unpaired) electrons. The molecule has 0 aliphatic rings. The first-order valence-electron chi connectivity index (χ1n) is 3.82. The Bertz CT molecular complexity index is 385. The molecule has 0 amide bonds. The maximum atomic E-state index is 10.3. The van der Waals surface area contributed by atoms with Crippen LogP contribution in [0.1, 0.15) is 18.2 Å². The maximum Gasteiger partial charge on any atom is 0.145 e. The van der Waals surface area contributed by atoms with Crippen LogP contribution in [0.15, 0.2) is 23.9 Å². The molecule has 64 valence electrons. The number of nitrogens with zero attached hydrogens (tertiary/aromatic N) is 1. The summed E-state index contributed by atoms with van der Waals surface area (Å²) in [5.74, 6) is 2.50. The zero-order valence-corrected chi connectivity index (χ0v) is 7.32. The number of carbonyl (C=O) groups excluding carboxylic acids is 1. The summed E-state index contributed by atoms with van der Waals surface area (Å²) < 4.78 is 0. The third-order valence-corrected chi connectivity index (χ3v) is 1.51. The van der Waals surface area contributed by atoms with Gasteiger partial charge in [0.25, 0.3) is 0 Å². The van der Waals surface area contributed by atoms with Crippen molar-refractivity contribution >= 4 is 12.4 Å². The van der Waals surface area contributed by atoms with E-state index in [2.05, 4.69) is 10.9 Å². The van der Waals surface area contributed by atoms with E-state index >= 15 is 0 Å². The molecule has 0 bridgehead atoms. The molecule has 0 atom stereocenters. The molecule has 1 rings (SSSR count). The number of aldehydes is 1. The zero-order valence-electron chi connectivity index (χ0n) is 7.32. The second-order valence-corrected chi connectivity index (χ2v) is 2.62. The highest BCUT2D eigenvalue weighted by Crippen LogP contribution is 2.04. The second-order valence-electron chi connectivity index (χ2n) is 2.62. The van der Waals surface area contributed by atoms with Crippen LogP contribution in [0, 0.1) is 12.3 Å². The second kappa shape index (κ2) is 4.22. The Morgan fingerprint density at radius 1 is 1.69 bits per heavy atom. The molecular weight excluding hydrogens is 162 g/mol. The first-order chi connectivity index (χ1) is 6.26. The molecule has 0 N–H and O–H groups in total. The molecule has 0 fully saturated rings. The Kier molecular flexibility index (Phi) is 2.99. The van der Waals surface area contributed by atoms with Crippen molar-refractivity contribution in [3.63, 3.8) is 0 Å². The minimum atomic E-state index is 0.627. The van der Waals surface area contributed by atoms with Gasteiger partial charge in [-0.2, -0.15) is 0 Å². The minimum Gasteiger partial charge on any atom is -0.298 e. The lowest BCUT2D eigenvalue weighted by Gasteiger charge is -1.94. The molecule has 1 aromatic heterocycles. The number of rotatable bonds is 2. The first kappa shape index (κ1) is 9.21. The topological polar surface area (TPSA) is 30.0 Å². The summed E-state index contributed by atoms with van der Waals surface area (Å²) in [7, 11) is 0. The van der Waals surface area contributed by atoms with Crippen molar-refractivity contribution in [3.05, 3.63) is 35.2 Å². The van der Waals surface area contributed by atoms with Crippen LogP contribution < -0.4 is 0 Å². The Hall–Kier alpha value is -1.88. The van der Waals surface area contributed by atoms with Gasteiger partial charge < -0.3 is 0 Å². The predicted octanol–water partition coefficient (Wildman–Crippen LogP) is 1.67. The lowest BCUT2D eigenvalue weighted by atomic mass is 10.2. The standard InChI is InChI=1S/C11H9NO/c1-3-10-4-5-12-11(7-10)6-9(2)8-13/h1,4-8H,2H3/b9-6+. The van der Waals surface area contributed by atoms with Crippen LogP contribution >= 0.6 is 0 Å². The van der Waals surface area contributed by atoms with E-state index in [-0.39, 0.29) is 0 Å². The number of hydrogen-bond donors (Lipinski definition) is 0. The van der Waals surface area contributed by atoms with Crippen molar-refractivity contribution in [2.24, 2.45) is 0 Å². The Labute approximate surface area is 77.3 Å². The summed E-state index contributed by atoms with van der Waals surface area (Å²) in [5, 5.41) is 0. The summed E-state index contributed by atoms with van der Waals surface area (Å²) in [5.41, 5.74) is 2.10. The Morgan fingerprint density at radius 2 is 2.46 bits per heavy atom. The Morgan fingerprint density at radius 3 is 3.08 bits per heavy atom. The molecule has 13 heavy (non-hydrogen) atoms. The van der Waals surface area contributed by atoms with Crippen molar-refractivity contribution in [2.75, 3.05) is 0 Å². The van der Waals surface area contributed by atoms with Gasteiger partial charge in [-0.05, 0) is 30.7 Å². The minimum absolute atomic E-state index is 0.627. The van der Waals surface area contributed by atoms with Gasteiger partial charge in [0.1, 0.15) is 6.29 Å². The largest absolute Gasteiger partial charge is 0.298 e. The summed E-state index contributed by atoms with van der Waals surface area (Å²) in [6.45, 7) is 1.72. The number of aromatic nitrogens is 1. The monoisotopic (exact) mass is 171 g/mol. The number of hydrogen-bond acceptors (Lipinski definition) is 2.